The lowest BCUT2D eigenvalue weighted by molar-refractivity contribution is -0.121. The van der Waals surface area contributed by atoms with E-state index in [0.717, 1.165) is 43.5 Å². The highest BCUT2D eigenvalue weighted by molar-refractivity contribution is 5.75. The molecule has 2 atom stereocenters. The highest BCUT2D eigenvalue weighted by Crippen LogP contribution is 2.20. The molecule has 1 amide bonds. The summed E-state index contributed by atoms with van der Waals surface area (Å²) in [4.78, 5) is 26.8. The second kappa shape index (κ2) is 9.64. The summed E-state index contributed by atoms with van der Waals surface area (Å²) in [5, 5.41) is 7.25. The summed E-state index contributed by atoms with van der Waals surface area (Å²) in [6, 6.07) is 12.8. The van der Waals surface area contributed by atoms with Gasteiger partial charge in [0.2, 0.25) is 5.91 Å². The Morgan fingerprint density at radius 3 is 2.54 bits per heavy atom. The van der Waals surface area contributed by atoms with E-state index in [1.807, 2.05) is 30.3 Å². The quantitative estimate of drug-likeness (QED) is 0.747. The third-order valence-electron chi connectivity index (χ3n) is 5.15. The van der Waals surface area contributed by atoms with Crippen LogP contribution in [0, 0.1) is 11.8 Å². The lowest BCUT2D eigenvalue weighted by atomic mass is 9.92. The van der Waals surface area contributed by atoms with Crippen molar-refractivity contribution in [3.63, 3.8) is 0 Å². The lowest BCUT2D eigenvalue weighted by Gasteiger charge is -2.34. The van der Waals surface area contributed by atoms with Crippen LogP contribution in [0.15, 0.2) is 47.3 Å². The van der Waals surface area contributed by atoms with Crippen molar-refractivity contribution < 1.29 is 4.79 Å². The van der Waals surface area contributed by atoms with Gasteiger partial charge in [0, 0.05) is 31.3 Å². The number of likely N-dealkylation sites (tertiary alicyclic amines) is 1. The average molecular weight is 383 g/mol. The zero-order valence-electron chi connectivity index (χ0n) is 16.8. The first-order valence-electron chi connectivity index (χ1n) is 10.1. The second-order valence-corrected chi connectivity index (χ2v) is 7.99. The van der Waals surface area contributed by atoms with Crippen molar-refractivity contribution >= 4 is 5.91 Å². The predicted octanol–water partition coefficient (Wildman–Crippen LogP) is 2.39. The molecule has 6 heteroatoms. The Hall–Kier alpha value is -2.47. The van der Waals surface area contributed by atoms with E-state index >= 15 is 0 Å². The van der Waals surface area contributed by atoms with Crippen molar-refractivity contribution in [3.8, 4) is 11.3 Å². The Balaban J connectivity index is 1.48. The highest BCUT2D eigenvalue weighted by atomic mass is 16.2. The fourth-order valence-corrected chi connectivity index (χ4v) is 4.02. The third-order valence-corrected chi connectivity index (χ3v) is 5.15. The fourth-order valence-electron chi connectivity index (χ4n) is 4.02. The first-order valence-corrected chi connectivity index (χ1v) is 10.1. The van der Waals surface area contributed by atoms with Gasteiger partial charge in [-0.15, -0.1) is 0 Å². The molecule has 1 aromatic heterocycles. The summed E-state index contributed by atoms with van der Waals surface area (Å²) in [6.45, 7) is 8.45. The molecule has 2 unspecified atom stereocenters. The molecule has 150 valence electrons. The van der Waals surface area contributed by atoms with Gasteiger partial charge >= 0.3 is 0 Å². The molecular formula is C22H30N4O2. The third kappa shape index (κ3) is 5.76. The molecule has 28 heavy (non-hydrogen) atoms. The van der Waals surface area contributed by atoms with Crippen LogP contribution in [0.1, 0.15) is 26.7 Å². The van der Waals surface area contributed by atoms with E-state index in [1.54, 1.807) is 6.07 Å². The number of rotatable bonds is 7. The standard InChI is InChI=1S/C22H30N4O2/c1-17-13-18(2)15-25(14-17)12-6-11-23-21(27)16-26-22(28)10-9-20(24-26)19-7-4-3-5-8-19/h3-5,7-10,17-18H,6,11-16H2,1-2H3,(H,23,27). The molecule has 2 aromatic rings. The largest absolute Gasteiger partial charge is 0.354 e. The van der Waals surface area contributed by atoms with Gasteiger partial charge in [-0.2, -0.15) is 5.10 Å². The van der Waals surface area contributed by atoms with Gasteiger partial charge in [-0.25, -0.2) is 4.68 Å². The zero-order chi connectivity index (χ0) is 19.9. The molecule has 0 bridgehead atoms. The maximum atomic E-state index is 12.2. The van der Waals surface area contributed by atoms with Crippen LogP contribution in [-0.2, 0) is 11.3 Å². The van der Waals surface area contributed by atoms with Crippen LogP contribution in [0.25, 0.3) is 11.3 Å². The summed E-state index contributed by atoms with van der Waals surface area (Å²) in [7, 11) is 0. The maximum Gasteiger partial charge on any atom is 0.267 e. The zero-order valence-corrected chi connectivity index (χ0v) is 16.8. The molecule has 0 aliphatic carbocycles. The molecule has 0 radical (unpaired) electrons. The van der Waals surface area contributed by atoms with Crippen molar-refractivity contribution in [2.24, 2.45) is 11.8 Å². The van der Waals surface area contributed by atoms with Gasteiger partial charge in [0.15, 0.2) is 0 Å². The van der Waals surface area contributed by atoms with Gasteiger partial charge in [0.25, 0.3) is 5.56 Å². The summed E-state index contributed by atoms with van der Waals surface area (Å²) < 4.78 is 1.23. The van der Waals surface area contributed by atoms with E-state index in [1.165, 1.54) is 17.2 Å². The highest BCUT2D eigenvalue weighted by Gasteiger charge is 2.21. The molecule has 1 aromatic carbocycles. The Labute approximate surface area is 166 Å². The second-order valence-electron chi connectivity index (χ2n) is 7.99. The van der Waals surface area contributed by atoms with Gasteiger partial charge in [0.05, 0.1) is 5.69 Å². The minimum Gasteiger partial charge on any atom is -0.354 e. The summed E-state index contributed by atoms with van der Waals surface area (Å²) in [5.41, 5.74) is 1.33. The number of amides is 1. The van der Waals surface area contributed by atoms with Gasteiger partial charge in [-0.05, 0) is 37.3 Å². The van der Waals surface area contributed by atoms with Crippen molar-refractivity contribution in [1.82, 2.24) is 20.0 Å². The molecule has 1 aliphatic rings. The molecule has 3 rings (SSSR count). The number of carbonyl (C=O) groups excluding carboxylic acids is 1. The summed E-state index contributed by atoms with van der Waals surface area (Å²) >= 11 is 0. The summed E-state index contributed by atoms with van der Waals surface area (Å²) in [6.07, 6.45) is 2.22. The molecule has 0 saturated carbocycles. The number of piperidine rings is 1. The summed E-state index contributed by atoms with van der Waals surface area (Å²) in [5.74, 6) is 1.31. The van der Waals surface area contributed by atoms with E-state index in [2.05, 4.69) is 29.2 Å². The lowest BCUT2D eigenvalue weighted by Crippen LogP contribution is -2.40. The van der Waals surface area contributed by atoms with Crippen LogP contribution in [0.2, 0.25) is 0 Å². The SMILES string of the molecule is CC1CC(C)CN(CCCNC(=O)Cn2nc(-c3ccccc3)ccc2=O)C1. The van der Waals surface area contributed by atoms with Crippen molar-refractivity contribution in [3.05, 3.63) is 52.8 Å². The van der Waals surface area contributed by atoms with E-state index < -0.39 is 0 Å². The number of hydrogen-bond acceptors (Lipinski definition) is 4. The first kappa shape index (κ1) is 20.3. The molecule has 1 fully saturated rings. The number of carbonyl (C=O) groups is 1. The average Bonchev–Trinajstić information content (AvgIpc) is 2.67. The van der Waals surface area contributed by atoms with E-state index in [0.29, 0.717) is 12.2 Å². The van der Waals surface area contributed by atoms with E-state index in [-0.39, 0.29) is 18.0 Å². The monoisotopic (exact) mass is 382 g/mol. The molecule has 0 spiro atoms. The number of aromatic nitrogens is 2. The van der Waals surface area contributed by atoms with Crippen LogP contribution in [0.4, 0.5) is 0 Å². The van der Waals surface area contributed by atoms with Crippen molar-refractivity contribution in [1.29, 1.82) is 0 Å². The molecule has 1 saturated heterocycles. The van der Waals surface area contributed by atoms with Crippen LogP contribution in [0.5, 0.6) is 0 Å². The van der Waals surface area contributed by atoms with Gasteiger partial charge in [-0.1, -0.05) is 44.2 Å². The predicted molar refractivity (Wildman–Crippen MR) is 111 cm³/mol. The first-order chi connectivity index (χ1) is 13.5. The Kier molecular flexibility index (Phi) is 6.98. The van der Waals surface area contributed by atoms with Crippen LogP contribution >= 0.6 is 0 Å². The normalized spacial score (nSPS) is 20.1. The number of benzene rings is 1. The maximum absolute atomic E-state index is 12.2. The van der Waals surface area contributed by atoms with Crippen molar-refractivity contribution in [2.75, 3.05) is 26.2 Å². The molecule has 6 nitrogen and oxygen atoms in total. The minimum absolute atomic E-state index is 0.0582. The smallest absolute Gasteiger partial charge is 0.267 e. The molecule has 1 N–H and O–H groups in total. The van der Waals surface area contributed by atoms with Gasteiger partial charge in [-0.3, -0.25) is 9.59 Å². The Bertz CT molecular complexity index is 824. The number of nitrogens with zero attached hydrogens (tertiary/aromatic N) is 3. The van der Waals surface area contributed by atoms with Crippen LogP contribution in [0.3, 0.4) is 0 Å². The minimum atomic E-state index is -0.272. The topological polar surface area (TPSA) is 67.2 Å². The Morgan fingerprint density at radius 1 is 1.11 bits per heavy atom. The fraction of sp³-hybridized carbons (Fsp3) is 0.500. The Morgan fingerprint density at radius 2 is 1.82 bits per heavy atom. The molecule has 2 heterocycles. The molecular weight excluding hydrogens is 352 g/mol. The van der Waals surface area contributed by atoms with Crippen LogP contribution in [-0.4, -0.2) is 46.8 Å². The van der Waals surface area contributed by atoms with Gasteiger partial charge in [0.1, 0.15) is 6.54 Å². The van der Waals surface area contributed by atoms with Crippen molar-refractivity contribution in [2.45, 2.75) is 33.2 Å². The van der Waals surface area contributed by atoms with E-state index in [4.69, 9.17) is 0 Å². The van der Waals surface area contributed by atoms with Crippen LogP contribution < -0.4 is 10.9 Å². The van der Waals surface area contributed by atoms with E-state index in [9.17, 15) is 9.59 Å². The van der Waals surface area contributed by atoms with Gasteiger partial charge < -0.3 is 10.2 Å². The molecule has 1 aliphatic heterocycles. The number of hydrogen-bond donors (Lipinski definition) is 1. The number of nitrogens with one attached hydrogen (secondary N) is 1.